The molecule has 0 radical (unpaired) electrons. The molecule has 0 aliphatic carbocycles. The van der Waals surface area contributed by atoms with E-state index in [4.69, 9.17) is 17.3 Å². The average Bonchev–Trinajstić information content (AvgIpc) is 2.39. The number of nitrogens with one attached hydrogen (secondary N) is 1. The van der Waals surface area contributed by atoms with Crippen LogP contribution in [0.25, 0.3) is 0 Å². The highest BCUT2D eigenvalue weighted by molar-refractivity contribution is 6.29. The maximum absolute atomic E-state index is 12.2. The summed E-state index contributed by atoms with van der Waals surface area (Å²) in [7, 11) is 0. The molecule has 1 aromatic heterocycles. The van der Waals surface area contributed by atoms with Crippen molar-refractivity contribution in [3.63, 3.8) is 0 Å². The molecule has 19 heavy (non-hydrogen) atoms. The van der Waals surface area contributed by atoms with E-state index in [0.29, 0.717) is 11.0 Å². The molecule has 4 nitrogen and oxygen atoms in total. The predicted octanol–water partition coefficient (Wildman–Crippen LogP) is 2.55. The van der Waals surface area contributed by atoms with Crippen molar-refractivity contribution in [2.45, 2.75) is 12.5 Å². The fraction of sp³-hybridized carbons (Fsp3) is 0.143. The summed E-state index contributed by atoms with van der Waals surface area (Å²) in [5.74, 6) is 0.0403. The van der Waals surface area contributed by atoms with Crippen LogP contribution in [0.5, 0.6) is 0 Å². The average molecular weight is 276 g/mol. The number of hydrogen-bond acceptors (Lipinski definition) is 3. The Labute approximate surface area is 116 Å². The van der Waals surface area contributed by atoms with Gasteiger partial charge in [-0.05, 0) is 24.6 Å². The summed E-state index contributed by atoms with van der Waals surface area (Å²) in [5, 5.41) is 2.98. The number of pyridine rings is 1. The van der Waals surface area contributed by atoms with Gasteiger partial charge in [-0.1, -0.05) is 48.0 Å². The first-order chi connectivity index (χ1) is 9.00. The second-order valence-electron chi connectivity index (χ2n) is 4.37. The highest BCUT2D eigenvalue weighted by Gasteiger charge is 2.30. The van der Waals surface area contributed by atoms with Crippen LogP contribution in [-0.2, 0) is 10.3 Å². The fourth-order valence-electron chi connectivity index (χ4n) is 1.64. The highest BCUT2D eigenvalue weighted by Crippen LogP contribution is 2.19. The monoisotopic (exact) mass is 275 g/mol. The zero-order valence-corrected chi connectivity index (χ0v) is 11.2. The number of halogens is 1. The van der Waals surface area contributed by atoms with E-state index in [1.807, 2.05) is 30.3 Å². The molecule has 0 aliphatic heterocycles. The van der Waals surface area contributed by atoms with Gasteiger partial charge in [0.2, 0.25) is 5.91 Å². The quantitative estimate of drug-likeness (QED) is 0.846. The standard InChI is InChI=1S/C14H14ClN3O/c1-14(16,10-6-3-2-4-7-10)13(19)18-12-9-5-8-11(15)17-12/h2-9H,16H2,1H3,(H,17,18,19). The summed E-state index contributed by atoms with van der Waals surface area (Å²) >= 11 is 5.77. The molecule has 2 aromatic rings. The Morgan fingerprint density at radius 2 is 1.89 bits per heavy atom. The van der Waals surface area contributed by atoms with Crippen LogP contribution in [-0.4, -0.2) is 10.9 Å². The summed E-state index contributed by atoms with van der Waals surface area (Å²) in [6, 6.07) is 14.2. The van der Waals surface area contributed by atoms with Gasteiger partial charge in [-0.25, -0.2) is 4.98 Å². The first kappa shape index (κ1) is 13.5. The Bertz CT molecular complexity index is 584. The van der Waals surface area contributed by atoms with Crippen LogP contribution < -0.4 is 11.1 Å². The highest BCUT2D eigenvalue weighted by atomic mass is 35.5. The maximum atomic E-state index is 12.2. The van der Waals surface area contributed by atoms with Gasteiger partial charge in [-0.15, -0.1) is 0 Å². The third-order valence-electron chi connectivity index (χ3n) is 2.80. The SMILES string of the molecule is CC(N)(C(=O)Nc1cccc(Cl)n1)c1ccccc1. The number of aromatic nitrogens is 1. The van der Waals surface area contributed by atoms with Crippen molar-refractivity contribution >= 4 is 23.3 Å². The number of nitrogens with zero attached hydrogens (tertiary/aromatic N) is 1. The molecule has 5 heteroatoms. The lowest BCUT2D eigenvalue weighted by Gasteiger charge is -2.23. The van der Waals surface area contributed by atoms with Gasteiger partial charge < -0.3 is 11.1 Å². The summed E-state index contributed by atoms with van der Waals surface area (Å²) in [5.41, 5.74) is 5.69. The van der Waals surface area contributed by atoms with E-state index in [2.05, 4.69) is 10.3 Å². The number of hydrogen-bond donors (Lipinski definition) is 2. The van der Waals surface area contributed by atoms with E-state index in [9.17, 15) is 4.79 Å². The third kappa shape index (κ3) is 3.10. The minimum Gasteiger partial charge on any atom is -0.314 e. The van der Waals surface area contributed by atoms with E-state index in [1.54, 1.807) is 25.1 Å². The second kappa shape index (κ2) is 5.38. The van der Waals surface area contributed by atoms with Gasteiger partial charge in [0, 0.05) is 0 Å². The van der Waals surface area contributed by atoms with Crippen LogP contribution in [0.4, 0.5) is 5.82 Å². The number of benzene rings is 1. The maximum Gasteiger partial charge on any atom is 0.249 e. The molecule has 1 atom stereocenters. The Hall–Kier alpha value is -1.91. The van der Waals surface area contributed by atoms with Crippen molar-refractivity contribution < 1.29 is 4.79 Å². The van der Waals surface area contributed by atoms with Gasteiger partial charge in [0.15, 0.2) is 0 Å². The first-order valence-corrected chi connectivity index (χ1v) is 6.16. The van der Waals surface area contributed by atoms with Gasteiger partial charge in [0.1, 0.15) is 16.5 Å². The van der Waals surface area contributed by atoms with Gasteiger partial charge >= 0.3 is 0 Å². The zero-order valence-electron chi connectivity index (χ0n) is 10.4. The van der Waals surface area contributed by atoms with Crippen LogP contribution >= 0.6 is 11.6 Å². The van der Waals surface area contributed by atoms with E-state index < -0.39 is 5.54 Å². The van der Waals surface area contributed by atoms with Crippen LogP contribution in [0.1, 0.15) is 12.5 Å². The molecule has 1 aromatic carbocycles. The molecule has 0 bridgehead atoms. The number of carbonyl (C=O) groups is 1. The van der Waals surface area contributed by atoms with Crippen LogP contribution in [0, 0.1) is 0 Å². The number of carbonyl (C=O) groups excluding carboxylic acids is 1. The van der Waals surface area contributed by atoms with E-state index >= 15 is 0 Å². The lowest BCUT2D eigenvalue weighted by atomic mass is 9.92. The predicted molar refractivity (Wildman–Crippen MR) is 75.9 cm³/mol. The second-order valence-corrected chi connectivity index (χ2v) is 4.76. The largest absolute Gasteiger partial charge is 0.314 e. The Morgan fingerprint density at radius 1 is 1.21 bits per heavy atom. The number of amides is 1. The first-order valence-electron chi connectivity index (χ1n) is 5.78. The molecular weight excluding hydrogens is 262 g/mol. The summed E-state index contributed by atoms with van der Waals surface area (Å²) in [6.45, 7) is 1.65. The molecular formula is C14H14ClN3O. The molecule has 98 valence electrons. The molecule has 1 unspecified atom stereocenters. The molecule has 0 saturated heterocycles. The third-order valence-corrected chi connectivity index (χ3v) is 3.01. The van der Waals surface area contributed by atoms with Crippen molar-refractivity contribution in [1.29, 1.82) is 0 Å². The topological polar surface area (TPSA) is 68.0 Å². The van der Waals surface area contributed by atoms with Crippen molar-refractivity contribution in [3.05, 3.63) is 59.2 Å². The number of rotatable bonds is 3. The zero-order chi connectivity index (χ0) is 13.9. The fourth-order valence-corrected chi connectivity index (χ4v) is 1.80. The van der Waals surface area contributed by atoms with Crippen LogP contribution in [0.2, 0.25) is 5.15 Å². The van der Waals surface area contributed by atoms with Crippen LogP contribution in [0.15, 0.2) is 48.5 Å². The number of nitrogens with two attached hydrogens (primary N) is 1. The van der Waals surface area contributed by atoms with Crippen molar-refractivity contribution in [1.82, 2.24) is 4.98 Å². The Kier molecular flexibility index (Phi) is 3.83. The van der Waals surface area contributed by atoms with Gasteiger partial charge in [-0.3, -0.25) is 4.79 Å². The molecule has 0 spiro atoms. The summed E-state index contributed by atoms with van der Waals surface area (Å²) in [4.78, 5) is 16.2. The summed E-state index contributed by atoms with van der Waals surface area (Å²) in [6.07, 6.45) is 0. The Morgan fingerprint density at radius 3 is 2.53 bits per heavy atom. The van der Waals surface area contributed by atoms with Crippen molar-refractivity contribution in [2.24, 2.45) is 5.73 Å². The molecule has 0 fully saturated rings. The Balaban J connectivity index is 2.20. The van der Waals surface area contributed by atoms with Gasteiger partial charge in [0.25, 0.3) is 0 Å². The molecule has 2 rings (SSSR count). The van der Waals surface area contributed by atoms with Gasteiger partial charge in [0.05, 0.1) is 0 Å². The molecule has 0 aliphatic rings. The van der Waals surface area contributed by atoms with E-state index in [0.717, 1.165) is 5.56 Å². The minimum absolute atomic E-state index is 0.316. The molecule has 0 saturated carbocycles. The summed E-state index contributed by atoms with van der Waals surface area (Å²) < 4.78 is 0. The number of anilines is 1. The lowest BCUT2D eigenvalue weighted by Crippen LogP contribution is -2.45. The van der Waals surface area contributed by atoms with Gasteiger partial charge in [-0.2, -0.15) is 0 Å². The lowest BCUT2D eigenvalue weighted by molar-refractivity contribution is -0.120. The van der Waals surface area contributed by atoms with Crippen molar-refractivity contribution in [2.75, 3.05) is 5.32 Å². The van der Waals surface area contributed by atoms with Crippen molar-refractivity contribution in [3.8, 4) is 0 Å². The molecule has 1 amide bonds. The smallest absolute Gasteiger partial charge is 0.249 e. The normalized spacial score (nSPS) is 13.6. The molecule has 3 N–H and O–H groups in total. The van der Waals surface area contributed by atoms with Crippen LogP contribution in [0.3, 0.4) is 0 Å². The van der Waals surface area contributed by atoms with E-state index in [1.165, 1.54) is 0 Å². The van der Waals surface area contributed by atoms with E-state index in [-0.39, 0.29) is 5.91 Å². The molecule has 1 heterocycles. The minimum atomic E-state index is -1.13.